The van der Waals surface area contributed by atoms with Crippen LogP contribution in [0.1, 0.15) is 5.56 Å². The summed E-state index contributed by atoms with van der Waals surface area (Å²) in [5.41, 5.74) is -0.226. The molecule has 0 bridgehead atoms. The molecule has 2 rings (SSSR count). The molecule has 1 aromatic carbocycles. The molecule has 1 heterocycles. The SMILES string of the molecule is COC(=O)N1CCN(Cc2cccc([N+](=O)[O-])c2F)CC1. The van der Waals surface area contributed by atoms with Crippen molar-refractivity contribution in [2.24, 2.45) is 0 Å². The Morgan fingerprint density at radius 1 is 1.38 bits per heavy atom. The van der Waals surface area contributed by atoms with Crippen LogP contribution in [0.15, 0.2) is 18.2 Å². The predicted molar refractivity (Wildman–Crippen MR) is 72.3 cm³/mol. The molecule has 1 amide bonds. The molecule has 0 atom stereocenters. The number of nitro groups is 1. The first-order chi connectivity index (χ1) is 10.0. The van der Waals surface area contributed by atoms with E-state index in [4.69, 9.17) is 0 Å². The molecule has 1 aliphatic rings. The van der Waals surface area contributed by atoms with Gasteiger partial charge in [-0.1, -0.05) is 12.1 Å². The first kappa shape index (κ1) is 15.2. The summed E-state index contributed by atoms with van der Waals surface area (Å²) in [6, 6.07) is 4.16. The van der Waals surface area contributed by atoms with Crippen molar-refractivity contribution in [3.05, 3.63) is 39.7 Å². The Morgan fingerprint density at radius 2 is 2.05 bits per heavy atom. The summed E-state index contributed by atoms with van der Waals surface area (Å²) in [5, 5.41) is 10.7. The van der Waals surface area contributed by atoms with Crippen LogP contribution in [0.5, 0.6) is 0 Å². The van der Waals surface area contributed by atoms with Crippen molar-refractivity contribution in [2.75, 3.05) is 33.3 Å². The topological polar surface area (TPSA) is 75.9 Å². The summed E-state index contributed by atoms with van der Waals surface area (Å²) >= 11 is 0. The second kappa shape index (κ2) is 6.49. The highest BCUT2D eigenvalue weighted by atomic mass is 19.1. The number of benzene rings is 1. The van der Waals surface area contributed by atoms with Crippen LogP contribution < -0.4 is 0 Å². The van der Waals surface area contributed by atoms with Crippen molar-refractivity contribution in [1.82, 2.24) is 9.80 Å². The lowest BCUT2D eigenvalue weighted by Crippen LogP contribution is -2.48. The number of halogens is 1. The molecule has 0 unspecified atom stereocenters. The third-order valence-electron chi connectivity index (χ3n) is 3.45. The highest BCUT2D eigenvalue weighted by molar-refractivity contribution is 5.67. The standard InChI is InChI=1S/C13H16FN3O4/c1-21-13(18)16-7-5-15(6-8-16)9-10-3-2-4-11(12(10)14)17(19)20/h2-4H,5-9H2,1H3. The molecule has 0 radical (unpaired) electrons. The highest BCUT2D eigenvalue weighted by Gasteiger charge is 2.23. The normalized spacial score (nSPS) is 15.8. The molecule has 1 saturated heterocycles. The van der Waals surface area contributed by atoms with Gasteiger partial charge < -0.3 is 9.64 Å². The van der Waals surface area contributed by atoms with Crippen molar-refractivity contribution in [3.8, 4) is 0 Å². The Kier molecular flexibility index (Phi) is 4.69. The summed E-state index contributed by atoms with van der Waals surface area (Å²) in [5.74, 6) is -0.794. The van der Waals surface area contributed by atoms with Gasteiger partial charge in [-0.2, -0.15) is 4.39 Å². The number of carbonyl (C=O) groups excluding carboxylic acids is 1. The largest absolute Gasteiger partial charge is 0.453 e. The van der Waals surface area contributed by atoms with Gasteiger partial charge in [-0.05, 0) is 0 Å². The van der Waals surface area contributed by atoms with E-state index >= 15 is 0 Å². The molecule has 1 fully saturated rings. The second-order valence-electron chi connectivity index (χ2n) is 4.74. The second-order valence-corrected chi connectivity index (χ2v) is 4.74. The zero-order valence-corrected chi connectivity index (χ0v) is 11.6. The maximum atomic E-state index is 14.0. The van der Waals surface area contributed by atoms with Crippen LogP contribution in [0.3, 0.4) is 0 Å². The molecule has 8 heteroatoms. The fourth-order valence-electron chi connectivity index (χ4n) is 2.29. The number of carbonyl (C=O) groups is 1. The third-order valence-corrected chi connectivity index (χ3v) is 3.45. The third kappa shape index (κ3) is 3.46. The predicted octanol–water partition coefficient (Wildman–Crippen LogP) is 1.62. The fourth-order valence-corrected chi connectivity index (χ4v) is 2.29. The molecule has 1 aliphatic heterocycles. The molecule has 0 aromatic heterocycles. The summed E-state index contributed by atoms with van der Waals surface area (Å²) in [6.07, 6.45) is -0.379. The lowest BCUT2D eigenvalue weighted by Gasteiger charge is -2.33. The van der Waals surface area contributed by atoms with Crippen molar-refractivity contribution in [3.63, 3.8) is 0 Å². The van der Waals surface area contributed by atoms with E-state index in [1.165, 1.54) is 19.2 Å². The summed E-state index contributed by atoms with van der Waals surface area (Å²) in [6.45, 7) is 2.39. The smallest absolute Gasteiger partial charge is 0.409 e. The van der Waals surface area contributed by atoms with Gasteiger partial charge in [-0.25, -0.2) is 4.79 Å². The average molecular weight is 297 g/mol. The van der Waals surface area contributed by atoms with Crippen molar-refractivity contribution in [2.45, 2.75) is 6.54 Å². The summed E-state index contributed by atoms with van der Waals surface area (Å²) in [4.78, 5) is 24.9. The molecule has 0 spiro atoms. The molecule has 0 saturated carbocycles. The number of amides is 1. The van der Waals surface area contributed by atoms with Crippen LogP contribution in [0.2, 0.25) is 0 Å². The Morgan fingerprint density at radius 3 is 2.62 bits per heavy atom. The van der Waals surface area contributed by atoms with Crippen LogP contribution in [0.25, 0.3) is 0 Å². The maximum absolute atomic E-state index is 14.0. The zero-order chi connectivity index (χ0) is 15.4. The lowest BCUT2D eigenvalue weighted by molar-refractivity contribution is -0.387. The molecule has 21 heavy (non-hydrogen) atoms. The van der Waals surface area contributed by atoms with E-state index in [9.17, 15) is 19.3 Å². The van der Waals surface area contributed by atoms with Crippen LogP contribution >= 0.6 is 0 Å². The molecular formula is C13H16FN3O4. The number of hydrogen-bond acceptors (Lipinski definition) is 5. The van der Waals surface area contributed by atoms with Gasteiger partial charge in [0, 0.05) is 44.4 Å². The van der Waals surface area contributed by atoms with Gasteiger partial charge in [0.25, 0.3) is 0 Å². The van der Waals surface area contributed by atoms with Gasteiger partial charge in [0.15, 0.2) is 0 Å². The van der Waals surface area contributed by atoms with Crippen LogP contribution in [-0.2, 0) is 11.3 Å². The maximum Gasteiger partial charge on any atom is 0.409 e. The van der Waals surface area contributed by atoms with Gasteiger partial charge in [0.05, 0.1) is 12.0 Å². The van der Waals surface area contributed by atoms with Gasteiger partial charge in [-0.15, -0.1) is 0 Å². The van der Waals surface area contributed by atoms with E-state index in [0.29, 0.717) is 26.2 Å². The molecular weight excluding hydrogens is 281 g/mol. The summed E-state index contributed by atoms with van der Waals surface area (Å²) in [7, 11) is 1.33. The van der Waals surface area contributed by atoms with E-state index in [2.05, 4.69) is 4.74 Å². The average Bonchev–Trinajstić information content (AvgIpc) is 2.49. The molecule has 1 aromatic rings. The van der Waals surface area contributed by atoms with Gasteiger partial charge in [-0.3, -0.25) is 15.0 Å². The highest BCUT2D eigenvalue weighted by Crippen LogP contribution is 2.21. The van der Waals surface area contributed by atoms with Crippen LogP contribution in [-0.4, -0.2) is 54.1 Å². The minimum absolute atomic E-state index is 0.280. The van der Waals surface area contributed by atoms with Crippen LogP contribution in [0.4, 0.5) is 14.9 Å². The fraction of sp³-hybridized carbons (Fsp3) is 0.462. The molecule has 7 nitrogen and oxygen atoms in total. The minimum atomic E-state index is -0.794. The molecule has 114 valence electrons. The minimum Gasteiger partial charge on any atom is -0.453 e. The Labute approximate surface area is 121 Å². The van der Waals surface area contributed by atoms with E-state index < -0.39 is 16.4 Å². The van der Waals surface area contributed by atoms with Gasteiger partial charge in [0.2, 0.25) is 5.82 Å². The first-order valence-corrected chi connectivity index (χ1v) is 6.50. The zero-order valence-electron chi connectivity index (χ0n) is 11.6. The van der Waals surface area contributed by atoms with Crippen LogP contribution in [0, 0.1) is 15.9 Å². The lowest BCUT2D eigenvalue weighted by atomic mass is 10.1. The van der Waals surface area contributed by atoms with Crippen molar-refractivity contribution < 1.29 is 18.8 Å². The van der Waals surface area contributed by atoms with Gasteiger partial charge in [0.1, 0.15) is 0 Å². The van der Waals surface area contributed by atoms with E-state index in [1.54, 1.807) is 4.90 Å². The molecule has 0 N–H and O–H groups in total. The Hall–Kier alpha value is -2.22. The van der Waals surface area contributed by atoms with E-state index in [0.717, 1.165) is 6.07 Å². The number of rotatable bonds is 3. The number of hydrogen-bond donors (Lipinski definition) is 0. The number of ether oxygens (including phenoxy) is 1. The molecule has 0 aliphatic carbocycles. The van der Waals surface area contributed by atoms with Crippen molar-refractivity contribution in [1.29, 1.82) is 0 Å². The number of methoxy groups -OCH3 is 1. The van der Waals surface area contributed by atoms with E-state index in [1.807, 2.05) is 4.90 Å². The van der Waals surface area contributed by atoms with Crippen molar-refractivity contribution >= 4 is 11.8 Å². The Balaban J connectivity index is 1.99. The van der Waals surface area contributed by atoms with E-state index in [-0.39, 0.29) is 18.2 Å². The number of nitro benzene ring substituents is 1. The number of piperazine rings is 1. The quantitative estimate of drug-likeness (QED) is 0.626. The Bertz CT molecular complexity index is 544. The monoisotopic (exact) mass is 297 g/mol. The first-order valence-electron chi connectivity index (χ1n) is 6.50. The number of nitrogens with zero attached hydrogens (tertiary/aromatic N) is 3. The van der Waals surface area contributed by atoms with Gasteiger partial charge >= 0.3 is 11.8 Å². The summed E-state index contributed by atoms with van der Waals surface area (Å²) < 4.78 is 18.6.